The fourth-order valence-electron chi connectivity index (χ4n) is 4.01. The van der Waals surface area contributed by atoms with Crippen LogP contribution in [0.15, 0.2) is 50.1 Å². The molecule has 15 heteroatoms. The van der Waals surface area contributed by atoms with Gasteiger partial charge < -0.3 is 21.0 Å². The standard InChI is InChI=1S/C21H17BrN6O5S3/c1-33-26-14(12-8-36-21(23)24-12)17(29)25-15-18(30)28-16(20(31)32)9(6-35-19(15)28)4-27-3-2-13-10(5-27)11(22)7-34-13/h2-3,5,7-8,15,19H,4,6H2,1H3,(H3-,23,24,25,29,31,32)/p+1/b26-14-/t15?,19-/m1/s1. The molecule has 0 saturated carbocycles. The molecule has 1 fully saturated rings. The molecule has 0 aromatic carbocycles. The highest BCUT2D eigenvalue weighted by molar-refractivity contribution is 9.10. The van der Waals surface area contributed by atoms with Gasteiger partial charge in [0.05, 0.1) is 5.39 Å². The van der Waals surface area contributed by atoms with Gasteiger partial charge in [0.15, 0.2) is 29.8 Å². The Balaban J connectivity index is 1.36. The third-order valence-corrected chi connectivity index (χ3v) is 9.53. The summed E-state index contributed by atoms with van der Waals surface area (Å²) in [5, 5.41) is 20.6. The van der Waals surface area contributed by atoms with Gasteiger partial charge in [0.2, 0.25) is 0 Å². The van der Waals surface area contributed by atoms with Crippen molar-refractivity contribution in [3.8, 4) is 0 Å². The fourth-order valence-corrected chi connectivity index (χ4v) is 7.41. The quantitative estimate of drug-likeness (QED) is 0.159. The predicted octanol–water partition coefficient (Wildman–Crippen LogP) is 1.78. The lowest BCUT2D eigenvalue weighted by Crippen LogP contribution is -2.71. The summed E-state index contributed by atoms with van der Waals surface area (Å²) in [6.07, 6.45) is 3.83. The highest BCUT2D eigenvalue weighted by Gasteiger charge is 2.54. The van der Waals surface area contributed by atoms with Crippen molar-refractivity contribution in [2.75, 3.05) is 18.6 Å². The number of nitrogens with one attached hydrogen (secondary N) is 1. The van der Waals surface area contributed by atoms with Crippen molar-refractivity contribution in [3.05, 3.63) is 50.7 Å². The van der Waals surface area contributed by atoms with Gasteiger partial charge in [-0.3, -0.25) is 14.5 Å². The van der Waals surface area contributed by atoms with E-state index in [0.717, 1.165) is 25.9 Å². The molecule has 2 aliphatic rings. The number of carboxylic acids is 1. The number of hydrogen-bond donors (Lipinski definition) is 3. The van der Waals surface area contributed by atoms with Crippen LogP contribution < -0.4 is 15.6 Å². The van der Waals surface area contributed by atoms with E-state index in [4.69, 9.17) is 10.6 Å². The lowest BCUT2D eigenvalue weighted by Gasteiger charge is -2.49. The van der Waals surface area contributed by atoms with Gasteiger partial charge in [-0.1, -0.05) is 5.16 Å². The average Bonchev–Trinajstić information content (AvgIpc) is 3.45. The number of carbonyl (C=O) groups excluding carboxylic acids is 2. The average molecular weight is 611 g/mol. The maximum absolute atomic E-state index is 13.0. The number of nitrogens with two attached hydrogens (primary N) is 1. The molecule has 3 aromatic rings. The highest BCUT2D eigenvalue weighted by atomic mass is 79.9. The first-order chi connectivity index (χ1) is 17.3. The Morgan fingerprint density at radius 2 is 2.22 bits per heavy atom. The van der Waals surface area contributed by atoms with Gasteiger partial charge in [-0.15, -0.1) is 34.4 Å². The first kappa shape index (κ1) is 24.7. The number of hydrogen-bond acceptors (Lipinski definition) is 10. The third kappa shape index (κ3) is 4.36. The molecule has 5 heterocycles. The number of carboxylic acid groups (broad SMARTS) is 1. The number of pyridine rings is 1. The van der Waals surface area contributed by atoms with Crippen LogP contribution in [0.1, 0.15) is 5.69 Å². The number of halogens is 1. The third-order valence-electron chi connectivity index (χ3n) is 5.60. The van der Waals surface area contributed by atoms with E-state index in [2.05, 4.69) is 31.4 Å². The number of carbonyl (C=O) groups is 3. The highest BCUT2D eigenvalue weighted by Crippen LogP contribution is 2.40. The summed E-state index contributed by atoms with van der Waals surface area (Å²) >= 11 is 7.67. The summed E-state index contributed by atoms with van der Waals surface area (Å²) in [5.41, 5.74) is 6.30. The van der Waals surface area contributed by atoms with E-state index in [1.54, 1.807) is 16.7 Å². The molecule has 4 N–H and O–H groups in total. The van der Waals surface area contributed by atoms with Crippen LogP contribution in [0.4, 0.5) is 5.13 Å². The van der Waals surface area contributed by atoms with Crippen molar-refractivity contribution in [3.63, 3.8) is 0 Å². The van der Waals surface area contributed by atoms with E-state index >= 15 is 0 Å². The van der Waals surface area contributed by atoms with E-state index in [9.17, 15) is 19.5 Å². The van der Waals surface area contributed by atoms with E-state index < -0.39 is 29.2 Å². The number of nitrogen functional groups attached to an aromatic ring is 1. The van der Waals surface area contributed by atoms with Gasteiger partial charge in [0, 0.05) is 37.3 Å². The van der Waals surface area contributed by atoms with Crippen LogP contribution in [0.3, 0.4) is 0 Å². The van der Waals surface area contributed by atoms with Crippen LogP contribution in [0, 0.1) is 0 Å². The molecule has 0 radical (unpaired) electrons. The van der Waals surface area contributed by atoms with Crippen LogP contribution in [-0.2, 0) is 25.8 Å². The van der Waals surface area contributed by atoms with E-state index in [1.165, 1.54) is 23.8 Å². The van der Waals surface area contributed by atoms with Crippen molar-refractivity contribution in [1.82, 2.24) is 15.2 Å². The SMILES string of the molecule is CO/N=C(\C(=O)NC1C(=O)N2C(C(=O)O)=C(C[n+]3ccc4scc(Br)c4c3)CS[C@H]12)c1csc(N)n1. The van der Waals surface area contributed by atoms with Gasteiger partial charge in [0.25, 0.3) is 11.8 Å². The lowest BCUT2D eigenvalue weighted by molar-refractivity contribution is -0.687. The first-order valence-electron chi connectivity index (χ1n) is 10.4. The second-order valence-electron chi connectivity index (χ2n) is 7.79. The summed E-state index contributed by atoms with van der Waals surface area (Å²) in [7, 11) is 1.29. The fraction of sp³-hybridized carbons (Fsp3) is 0.238. The maximum Gasteiger partial charge on any atom is 0.352 e. The number of anilines is 1. The number of aromatic nitrogens is 2. The number of rotatable bonds is 7. The Hall–Kier alpha value is -3.01. The number of aliphatic carboxylic acids is 1. The molecule has 3 aromatic heterocycles. The lowest BCUT2D eigenvalue weighted by atomic mass is 10.0. The van der Waals surface area contributed by atoms with Gasteiger partial charge in [-0.05, 0) is 15.9 Å². The Labute approximate surface area is 224 Å². The Morgan fingerprint density at radius 3 is 2.92 bits per heavy atom. The monoisotopic (exact) mass is 609 g/mol. The number of thiophene rings is 1. The Morgan fingerprint density at radius 1 is 1.42 bits per heavy atom. The smallest absolute Gasteiger partial charge is 0.352 e. The largest absolute Gasteiger partial charge is 0.477 e. The van der Waals surface area contributed by atoms with E-state index in [0.29, 0.717) is 17.9 Å². The number of nitrogens with zero attached hydrogens (tertiary/aromatic N) is 4. The Kier molecular flexibility index (Phi) is 6.72. The first-order valence-corrected chi connectivity index (χ1v) is 14.0. The molecule has 0 aliphatic carbocycles. The minimum absolute atomic E-state index is 0.0516. The molecule has 2 atom stereocenters. The number of β-lactam (4-membered cyclic amide) rings is 1. The molecule has 2 aliphatic heterocycles. The van der Waals surface area contributed by atoms with Crippen molar-refractivity contribution in [2.45, 2.75) is 18.0 Å². The van der Waals surface area contributed by atoms with Crippen molar-refractivity contribution in [1.29, 1.82) is 0 Å². The zero-order valence-corrected chi connectivity index (χ0v) is 22.5. The summed E-state index contributed by atoms with van der Waals surface area (Å²) in [6, 6.07) is 1.06. The minimum atomic E-state index is -1.19. The second kappa shape index (κ2) is 9.80. The molecule has 36 heavy (non-hydrogen) atoms. The number of thiazole rings is 1. The summed E-state index contributed by atoms with van der Waals surface area (Å²) in [4.78, 5) is 48.2. The predicted molar refractivity (Wildman–Crippen MR) is 139 cm³/mol. The molecular weight excluding hydrogens is 592 g/mol. The molecule has 186 valence electrons. The van der Waals surface area contributed by atoms with E-state index in [-0.39, 0.29) is 22.2 Å². The zero-order chi connectivity index (χ0) is 25.6. The van der Waals surface area contributed by atoms with Crippen LogP contribution in [0.5, 0.6) is 0 Å². The summed E-state index contributed by atoms with van der Waals surface area (Å²) < 4.78 is 3.97. The van der Waals surface area contributed by atoms with Crippen molar-refractivity contribution >= 4 is 89.1 Å². The number of oxime groups is 1. The number of amides is 2. The number of fused-ring (bicyclic) bond motifs is 2. The topological polar surface area (TPSA) is 151 Å². The minimum Gasteiger partial charge on any atom is -0.477 e. The zero-order valence-electron chi connectivity index (χ0n) is 18.5. The van der Waals surface area contributed by atoms with Crippen molar-refractivity contribution < 1.29 is 28.9 Å². The Bertz CT molecular complexity index is 1470. The molecule has 2 amide bonds. The second-order valence-corrected chi connectivity index (χ2v) is 11.6. The van der Waals surface area contributed by atoms with Gasteiger partial charge in [-0.25, -0.2) is 14.3 Å². The van der Waals surface area contributed by atoms with Crippen molar-refractivity contribution in [2.24, 2.45) is 5.16 Å². The normalized spacial score (nSPS) is 19.8. The summed E-state index contributed by atoms with van der Waals surface area (Å²) in [6.45, 7) is 0.316. The van der Waals surface area contributed by atoms with Crippen LogP contribution in [0.2, 0.25) is 0 Å². The molecule has 1 unspecified atom stereocenters. The number of thioether (sulfide) groups is 1. The summed E-state index contributed by atoms with van der Waals surface area (Å²) in [5.74, 6) is -1.98. The van der Waals surface area contributed by atoms with Gasteiger partial charge in [-0.2, -0.15) is 0 Å². The van der Waals surface area contributed by atoms with Crippen LogP contribution in [0.25, 0.3) is 10.1 Å². The van der Waals surface area contributed by atoms with Crippen LogP contribution in [-0.4, -0.2) is 62.8 Å². The van der Waals surface area contributed by atoms with Gasteiger partial charge >= 0.3 is 5.97 Å². The molecule has 5 rings (SSSR count). The maximum atomic E-state index is 13.0. The molecule has 0 bridgehead atoms. The molecular formula is C21H18BrN6O5S3+. The van der Waals surface area contributed by atoms with E-state index in [1.807, 2.05) is 28.4 Å². The molecule has 0 spiro atoms. The van der Waals surface area contributed by atoms with Gasteiger partial charge in [0.1, 0.15) is 29.9 Å². The van der Waals surface area contributed by atoms with Crippen LogP contribution >= 0.6 is 50.4 Å². The molecule has 1 saturated heterocycles. The molecule has 11 nitrogen and oxygen atoms in total.